The average molecular weight is 444 g/mol. The third-order valence-corrected chi connectivity index (χ3v) is 5.28. The van der Waals surface area contributed by atoms with Crippen LogP contribution >= 0.6 is 0 Å². The molecule has 5 nitrogen and oxygen atoms in total. The van der Waals surface area contributed by atoms with E-state index in [0.717, 1.165) is 46.5 Å². The second-order valence-electron chi connectivity index (χ2n) is 7.72. The molecular weight excluding hydrogens is 413 g/mol. The van der Waals surface area contributed by atoms with Crippen molar-refractivity contribution in [3.05, 3.63) is 101 Å². The van der Waals surface area contributed by atoms with Crippen LogP contribution in [0.15, 0.2) is 88.5 Å². The molecule has 33 heavy (non-hydrogen) atoms. The normalized spacial score (nSPS) is 12.0. The molecule has 1 heterocycles. The van der Waals surface area contributed by atoms with E-state index in [1.54, 1.807) is 0 Å². The molecule has 0 radical (unpaired) electrons. The fourth-order valence-corrected chi connectivity index (χ4v) is 3.52. The molecule has 170 valence electrons. The fraction of sp³-hybridized carbons (Fsp3) is 0.222. The Hall–Kier alpha value is -3.64. The zero-order chi connectivity index (χ0) is 23.5. The van der Waals surface area contributed by atoms with Gasteiger partial charge in [-0.2, -0.15) is 0 Å². The number of aromatic nitrogens is 1. The molecule has 3 rings (SSSR count). The summed E-state index contributed by atoms with van der Waals surface area (Å²) in [5.41, 5.74) is 6.29. The first kappa shape index (κ1) is 24.0. The zero-order valence-electron chi connectivity index (χ0n) is 19.2. The van der Waals surface area contributed by atoms with Gasteiger partial charge in [0.1, 0.15) is 12.2 Å². The van der Waals surface area contributed by atoms with Crippen molar-refractivity contribution in [2.24, 2.45) is 9.98 Å². The van der Waals surface area contributed by atoms with E-state index in [1.165, 1.54) is 6.34 Å². The number of benzene rings is 2. The second-order valence-corrected chi connectivity index (χ2v) is 7.72. The van der Waals surface area contributed by atoms with Crippen LogP contribution in [0.1, 0.15) is 22.4 Å². The standard InChI is InChI=1S/C27H30FN5/c1-20-16-25(13-15-31-20)23-10-8-21(9-11-23)18-32-27(33-19-30-3)26(28)17-24-7-5-4-6-22(24)12-14-29-2/h4-11,13,15-16,19,29,32H,3,12,14,17-18H2,1-2H3/b27-26+,33-19?. The molecule has 0 aliphatic heterocycles. The first-order valence-corrected chi connectivity index (χ1v) is 10.9. The molecule has 0 spiro atoms. The Morgan fingerprint density at radius 2 is 1.82 bits per heavy atom. The molecule has 6 heteroatoms. The maximum Gasteiger partial charge on any atom is 0.160 e. The fourth-order valence-electron chi connectivity index (χ4n) is 3.52. The summed E-state index contributed by atoms with van der Waals surface area (Å²) >= 11 is 0. The molecule has 3 aromatic rings. The largest absolute Gasteiger partial charge is 0.364 e. The van der Waals surface area contributed by atoms with Gasteiger partial charge >= 0.3 is 0 Å². The van der Waals surface area contributed by atoms with Gasteiger partial charge in [-0.1, -0.05) is 48.5 Å². The lowest BCUT2D eigenvalue weighted by Crippen LogP contribution is -2.14. The Morgan fingerprint density at radius 1 is 1.06 bits per heavy atom. The molecule has 0 saturated heterocycles. The minimum atomic E-state index is -0.337. The van der Waals surface area contributed by atoms with Crippen LogP contribution in [0.4, 0.5) is 4.39 Å². The molecule has 0 saturated carbocycles. The number of pyridine rings is 1. The number of rotatable bonds is 11. The highest BCUT2D eigenvalue weighted by atomic mass is 19.1. The average Bonchev–Trinajstić information content (AvgIpc) is 2.84. The summed E-state index contributed by atoms with van der Waals surface area (Å²) in [5.74, 6) is -0.171. The summed E-state index contributed by atoms with van der Waals surface area (Å²) < 4.78 is 15.2. The summed E-state index contributed by atoms with van der Waals surface area (Å²) in [6.45, 7) is 6.65. The van der Waals surface area contributed by atoms with Crippen LogP contribution in [0.5, 0.6) is 0 Å². The number of aryl methyl sites for hydroxylation is 1. The second kappa shape index (κ2) is 12.4. The minimum Gasteiger partial charge on any atom is -0.364 e. The van der Waals surface area contributed by atoms with Crippen LogP contribution < -0.4 is 10.6 Å². The van der Waals surface area contributed by atoms with Gasteiger partial charge in [0.25, 0.3) is 0 Å². The highest BCUT2D eigenvalue weighted by Crippen LogP contribution is 2.21. The zero-order valence-corrected chi connectivity index (χ0v) is 19.2. The van der Waals surface area contributed by atoms with Crippen LogP contribution in [-0.4, -0.2) is 31.6 Å². The molecule has 0 bridgehead atoms. The van der Waals surface area contributed by atoms with Gasteiger partial charge in [0.15, 0.2) is 5.82 Å². The van der Waals surface area contributed by atoms with E-state index < -0.39 is 0 Å². The Kier molecular flexibility index (Phi) is 9.03. The predicted octanol–water partition coefficient (Wildman–Crippen LogP) is 5.02. The van der Waals surface area contributed by atoms with Crippen molar-refractivity contribution in [2.75, 3.05) is 13.6 Å². The molecule has 2 N–H and O–H groups in total. The number of aliphatic imine (C=N–C) groups is 2. The molecule has 0 atom stereocenters. The number of halogens is 1. The monoisotopic (exact) mass is 443 g/mol. The van der Waals surface area contributed by atoms with Gasteiger partial charge < -0.3 is 10.6 Å². The number of allylic oxidation sites excluding steroid dienone is 1. The van der Waals surface area contributed by atoms with E-state index in [9.17, 15) is 0 Å². The van der Waals surface area contributed by atoms with Gasteiger partial charge in [0.2, 0.25) is 0 Å². The van der Waals surface area contributed by atoms with Gasteiger partial charge in [0, 0.05) is 24.9 Å². The van der Waals surface area contributed by atoms with Crippen LogP contribution in [-0.2, 0) is 19.4 Å². The predicted molar refractivity (Wildman–Crippen MR) is 135 cm³/mol. The Bertz CT molecular complexity index is 1120. The number of hydrogen-bond acceptors (Lipinski definition) is 4. The maximum atomic E-state index is 15.2. The highest BCUT2D eigenvalue weighted by Gasteiger charge is 2.10. The molecule has 0 unspecified atom stereocenters. The van der Waals surface area contributed by atoms with Crippen molar-refractivity contribution in [1.29, 1.82) is 0 Å². The van der Waals surface area contributed by atoms with E-state index in [-0.39, 0.29) is 18.1 Å². The lowest BCUT2D eigenvalue weighted by atomic mass is 10.0. The first-order chi connectivity index (χ1) is 16.1. The Balaban J connectivity index is 1.73. The van der Waals surface area contributed by atoms with Gasteiger partial charge in [-0.05, 0) is 73.6 Å². The van der Waals surface area contributed by atoms with Gasteiger partial charge in [-0.25, -0.2) is 9.38 Å². The molecular formula is C27H30FN5. The lowest BCUT2D eigenvalue weighted by Gasteiger charge is -2.12. The van der Waals surface area contributed by atoms with Crippen molar-refractivity contribution in [3.8, 4) is 11.1 Å². The molecule has 0 amide bonds. The smallest absolute Gasteiger partial charge is 0.160 e. The number of nitrogens with one attached hydrogen (secondary N) is 2. The van der Waals surface area contributed by atoms with Crippen molar-refractivity contribution in [3.63, 3.8) is 0 Å². The summed E-state index contributed by atoms with van der Waals surface area (Å²) in [7, 11) is 1.91. The lowest BCUT2D eigenvalue weighted by molar-refractivity contribution is 0.575. The van der Waals surface area contributed by atoms with Crippen LogP contribution in [0, 0.1) is 6.92 Å². The van der Waals surface area contributed by atoms with Crippen LogP contribution in [0.25, 0.3) is 11.1 Å². The van der Waals surface area contributed by atoms with Crippen molar-refractivity contribution in [1.82, 2.24) is 15.6 Å². The van der Waals surface area contributed by atoms with Crippen molar-refractivity contribution >= 4 is 13.1 Å². The number of hydrogen-bond donors (Lipinski definition) is 2. The first-order valence-electron chi connectivity index (χ1n) is 10.9. The Morgan fingerprint density at radius 3 is 2.52 bits per heavy atom. The van der Waals surface area contributed by atoms with E-state index in [2.05, 4.69) is 50.5 Å². The third kappa shape index (κ3) is 7.19. The van der Waals surface area contributed by atoms with Gasteiger partial charge in [-0.15, -0.1) is 0 Å². The number of likely N-dealkylation sites (N-methyl/N-ethyl adjacent to an activating group) is 1. The van der Waals surface area contributed by atoms with E-state index in [0.29, 0.717) is 6.54 Å². The van der Waals surface area contributed by atoms with Crippen molar-refractivity contribution in [2.45, 2.75) is 26.3 Å². The van der Waals surface area contributed by atoms with Crippen molar-refractivity contribution < 1.29 is 4.39 Å². The molecule has 0 fully saturated rings. The topological polar surface area (TPSA) is 61.7 Å². The van der Waals surface area contributed by atoms with Gasteiger partial charge in [0.05, 0.1) is 0 Å². The molecule has 0 aliphatic carbocycles. The molecule has 2 aromatic carbocycles. The molecule has 1 aromatic heterocycles. The highest BCUT2D eigenvalue weighted by molar-refractivity contribution is 5.64. The van der Waals surface area contributed by atoms with E-state index in [4.69, 9.17) is 0 Å². The van der Waals surface area contributed by atoms with Gasteiger partial charge in [-0.3, -0.25) is 9.98 Å². The number of nitrogens with zero attached hydrogens (tertiary/aromatic N) is 3. The summed E-state index contributed by atoms with van der Waals surface area (Å²) in [6.07, 6.45) is 4.06. The van der Waals surface area contributed by atoms with Crippen LogP contribution in [0.2, 0.25) is 0 Å². The van der Waals surface area contributed by atoms with E-state index >= 15 is 4.39 Å². The summed E-state index contributed by atoms with van der Waals surface area (Å²) in [5, 5.41) is 6.26. The quantitative estimate of drug-likeness (QED) is 0.323. The minimum absolute atomic E-state index is 0.164. The van der Waals surface area contributed by atoms with Crippen LogP contribution in [0.3, 0.4) is 0 Å². The summed E-state index contributed by atoms with van der Waals surface area (Å²) in [4.78, 5) is 12.0. The molecule has 0 aliphatic rings. The summed E-state index contributed by atoms with van der Waals surface area (Å²) in [6, 6.07) is 20.1. The van der Waals surface area contributed by atoms with E-state index in [1.807, 2.05) is 62.6 Å². The Labute approximate surface area is 195 Å². The maximum absolute atomic E-state index is 15.2. The SMILES string of the molecule is C=NC=N/C(NCc1ccc(-c2ccnc(C)c2)cc1)=C(/F)Cc1ccccc1CCNC. The third-order valence-electron chi connectivity index (χ3n) is 5.28.